The molecule has 2 N–H and O–H groups in total. The van der Waals surface area contributed by atoms with Gasteiger partial charge in [0.15, 0.2) is 0 Å². The molecule has 0 saturated heterocycles. The smallest absolute Gasteiger partial charge is 0.286 e. The number of carbonyl (C=O) groups excluding carboxylic acids is 2. The lowest BCUT2D eigenvalue weighted by molar-refractivity contribution is -0.119. The van der Waals surface area contributed by atoms with Gasteiger partial charge in [0.25, 0.3) is 5.91 Å². The van der Waals surface area contributed by atoms with Crippen LogP contribution >= 0.6 is 23.1 Å². The van der Waals surface area contributed by atoms with Crippen LogP contribution in [0.5, 0.6) is 0 Å². The molecule has 1 atom stereocenters. The van der Waals surface area contributed by atoms with Crippen LogP contribution in [0.1, 0.15) is 33.3 Å². The van der Waals surface area contributed by atoms with E-state index in [1.807, 2.05) is 67.6 Å². The molecular formula is C20H20N4O2S2. The van der Waals surface area contributed by atoms with Gasteiger partial charge in [-0.3, -0.25) is 9.59 Å². The van der Waals surface area contributed by atoms with Crippen LogP contribution in [0.25, 0.3) is 0 Å². The van der Waals surface area contributed by atoms with Gasteiger partial charge in [-0.2, -0.15) is 0 Å². The standard InChI is InChI=1S/C20H20N4O2S2/c1-14(15-8-4-2-5-9-15)21-17(25)12-27-13-18-23-24-20(28-18)19(26)22-16-10-6-3-7-11-16/h2-11,14H,12-13H2,1H3,(H,21,25)(H,22,26)/t14-/m0/s1. The van der Waals surface area contributed by atoms with Crippen molar-refractivity contribution < 1.29 is 9.59 Å². The van der Waals surface area contributed by atoms with E-state index >= 15 is 0 Å². The zero-order chi connectivity index (χ0) is 19.8. The Balaban J connectivity index is 1.43. The van der Waals surface area contributed by atoms with E-state index in [-0.39, 0.29) is 17.9 Å². The zero-order valence-electron chi connectivity index (χ0n) is 15.3. The summed E-state index contributed by atoms with van der Waals surface area (Å²) in [6.45, 7) is 1.96. The van der Waals surface area contributed by atoms with E-state index in [0.717, 1.165) is 5.56 Å². The van der Waals surface area contributed by atoms with Gasteiger partial charge in [-0.25, -0.2) is 0 Å². The van der Waals surface area contributed by atoms with E-state index in [2.05, 4.69) is 20.8 Å². The van der Waals surface area contributed by atoms with Crippen LogP contribution in [0, 0.1) is 0 Å². The van der Waals surface area contributed by atoms with Crippen molar-refractivity contribution in [1.82, 2.24) is 15.5 Å². The number of benzene rings is 2. The first kappa shape index (κ1) is 20.0. The van der Waals surface area contributed by atoms with Crippen LogP contribution in [0.4, 0.5) is 5.69 Å². The number of hydrogen-bond acceptors (Lipinski definition) is 6. The topological polar surface area (TPSA) is 84.0 Å². The fraction of sp³-hybridized carbons (Fsp3) is 0.200. The van der Waals surface area contributed by atoms with Crippen molar-refractivity contribution in [1.29, 1.82) is 0 Å². The Morgan fingerprint density at radius 2 is 1.71 bits per heavy atom. The van der Waals surface area contributed by atoms with E-state index in [1.54, 1.807) is 0 Å². The minimum atomic E-state index is -0.283. The van der Waals surface area contributed by atoms with Crippen molar-refractivity contribution >= 4 is 40.6 Å². The van der Waals surface area contributed by atoms with Gasteiger partial charge in [0.2, 0.25) is 10.9 Å². The second-order valence-electron chi connectivity index (χ2n) is 6.01. The molecule has 2 aromatic carbocycles. The normalized spacial score (nSPS) is 11.6. The molecule has 0 aliphatic carbocycles. The molecular weight excluding hydrogens is 392 g/mol. The fourth-order valence-electron chi connectivity index (χ4n) is 2.45. The number of rotatable bonds is 8. The maximum Gasteiger partial charge on any atom is 0.286 e. The maximum atomic E-state index is 12.2. The highest BCUT2D eigenvalue weighted by molar-refractivity contribution is 7.99. The van der Waals surface area contributed by atoms with Crippen molar-refractivity contribution in [3.8, 4) is 0 Å². The largest absolute Gasteiger partial charge is 0.349 e. The maximum absolute atomic E-state index is 12.2. The number of anilines is 1. The van der Waals surface area contributed by atoms with Gasteiger partial charge in [-0.1, -0.05) is 59.9 Å². The Kier molecular flexibility index (Phi) is 7.16. The molecule has 1 heterocycles. The Morgan fingerprint density at radius 3 is 2.43 bits per heavy atom. The molecule has 0 aliphatic rings. The molecule has 0 bridgehead atoms. The van der Waals surface area contributed by atoms with E-state index in [4.69, 9.17) is 0 Å². The summed E-state index contributed by atoms with van der Waals surface area (Å²) in [4.78, 5) is 24.3. The predicted molar refractivity (Wildman–Crippen MR) is 113 cm³/mol. The average molecular weight is 413 g/mol. The fourth-order valence-corrected chi connectivity index (χ4v) is 4.07. The van der Waals surface area contributed by atoms with Gasteiger partial charge < -0.3 is 10.6 Å². The Labute approximate surface area is 171 Å². The number of nitrogens with zero attached hydrogens (tertiary/aromatic N) is 2. The molecule has 8 heteroatoms. The number of aromatic nitrogens is 2. The number of para-hydroxylation sites is 1. The molecule has 0 radical (unpaired) electrons. The van der Waals surface area contributed by atoms with Gasteiger partial charge in [-0.05, 0) is 24.6 Å². The van der Waals surface area contributed by atoms with Crippen molar-refractivity contribution in [2.24, 2.45) is 0 Å². The average Bonchev–Trinajstić information content (AvgIpc) is 3.18. The number of nitrogens with one attached hydrogen (secondary N) is 2. The zero-order valence-corrected chi connectivity index (χ0v) is 16.9. The summed E-state index contributed by atoms with van der Waals surface area (Å²) in [5.41, 5.74) is 1.78. The van der Waals surface area contributed by atoms with Crippen LogP contribution < -0.4 is 10.6 Å². The third-order valence-corrected chi connectivity index (χ3v) is 5.88. The molecule has 28 heavy (non-hydrogen) atoms. The van der Waals surface area contributed by atoms with Crippen molar-refractivity contribution in [3.05, 3.63) is 76.2 Å². The molecule has 1 aromatic heterocycles. The SMILES string of the molecule is C[C@H](NC(=O)CSCc1nnc(C(=O)Nc2ccccc2)s1)c1ccccc1. The quantitative estimate of drug-likeness (QED) is 0.586. The number of thioether (sulfide) groups is 1. The Hall–Kier alpha value is -2.71. The third-order valence-electron chi connectivity index (χ3n) is 3.83. The summed E-state index contributed by atoms with van der Waals surface area (Å²) in [5.74, 6) is 0.536. The summed E-state index contributed by atoms with van der Waals surface area (Å²) in [5, 5.41) is 14.8. The molecule has 0 unspecified atom stereocenters. The van der Waals surface area contributed by atoms with Gasteiger partial charge in [0.05, 0.1) is 11.8 Å². The molecule has 3 rings (SSSR count). The highest BCUT2D eigenvalue weighted by Crippen LogP contribution is 2.18. The Morgan fingerprint density at radius 1 is 1.04 bits per heavy atom. The van der Waals surface area contributed by atoms with Gasteiger partial charge in [0.1, 0.15) is 5.01 Å². The summed E-state index contributed by atoms with van der Waals surface area (Å²) in [7, 11) is 0. The van der Waals surface area contributed by atoms with Gasteiger partial charge >= 0.3 is 0 Å². The minimum absolute atomic E-state index is 0.0343. The first-order valence-corrected chi connectivity index (χ1v) is 10.7. The molecule has 0 spiro atoms. The second kappa shape index (κ2) is 10.0. The van der Waals surface area contributed by atoms with Crippen LogP contribution in [0.2, 0.25) is 0 Å². The van der Waals surface area contributed by atoms with Crippen molar-refractivity contribution in [3.63, 3.8) is 0 Å². The highest BCUT2D eigenvalue weighted by Gasteiger charge is 2.14. The predicted octanol–water partition coefficient (Wildman–Crippen LogP) is 3.90. The van der Waals surface area contributed by atoms with E-state index in [0.29, 0.717) is 27.2 Å². The first-order chi connectivity index (χ1) is 13.6. The van der Waals surface area contributed by atoms with Crippen LogP contribution in [0.3, 0.4) is 0 Å². The second-order valence-corrected chi connectivity index (χ2v) is 8.06. The minimum Gasteiger partial charge on any atom is -0.349 e. The van der Waals surface area contributed by atoms with Gasteiger partial charge in [0, 0.05) is 11.4 Å². The summed E-state index contributed by atoms with van der Waals surface area (Å²) >= 11 is 2.68. The molecule has 144 valence electrons. The van der Waals surface area contributed by atoms with Crippen LogP contribution in [-0.4, -0.2) is 27.8 Å². The first-order valence-electron chi connectivity index (χ1n) is 8.72. The van der Waals surface area contributed by atoms with Crippen molar-refractivity contribution in [2.75, 3.05) is 11.1 Å². The highest BCUT2D eigenvalue weighted by atomic mass is 32.2. The molecule has 6 nitrogen and oxygen atoms in total. The summed E-state index contributed by atoms with van der Waals surface area (Å²) in [6, 6.07) is 19.0. The monoisotopic (exact) mass is 412 g/mol. The van der Waals surface area contributed by atoms with E-state index < -0.39 is 0 Å². The van der Waals surface area contributed by atoms with E-state index in [9.17, 15) is 9.59 Å². The van der Waals surface area contributed by atoms with E-state index in [1.165, 1.54) is 23.1 Å². The lowest BCUT2D eigenvalue weighted by Crippen LogP contribution is -2.28. The lowest BCUT2D eigenvalue weighted by atomic mass is 10.1. The molecule has 0 aliphatic heterocycles. The summed E-state index contributed by atoms with van der Waals surface area (Å²) < 4.78 is 0. The number of hydrogen-bond donors (Lipinski definition) is 2. The molecule has 2 amide bonds. The Bertz CT molecular complexity index is 916. The van der Waals surface area contributed by atoms with Crippen LogP contribution in [-0.2, 0) is 10.5 Å². The molecule has 0 fully saturated rings. The van der Waals surface area contributed by atoms with Gasteiger partial charge in [-0.15, -0.1) is 22.0 Å². The summed E-state index contributed by atoms with van der Waals surface area (Å²) in [6.07, 6.45) is 0. The molecule has 3 aromatic rings. The third kappa shape index (κ3) is 5.90. The van der Waals surface area contributed by atoms with Crippen molar-refractivity contribution in [2.45, 2.75) is 18.7 Å². The number of amides is 2. The molecule has 0 saturated carbocycles. The number of carbonyl (C=O) groups is 2. The lowest BCUT2D eigenvalue weighted by Gasteiger charge is -2.13. The van der Waals surface area contributed by atoms with Crippen LogP contribution in [0.15, 0.2) is 60.7 Å².